The second kappa shape index (κ2) is 5.82. The van der Waals surface area contributed by atoms with Gasteiger partial charge in [0, 0.05) is 11.8 Å². The molecule has 2 heterocycles. The highest BCUT2D eigenvalue weighted by Crippen LogP contribution is 2.29. The minimum Gasteiger partial charge on any atom is -0.497 e. The fourth-order valence-electron chi connectivity index (χ4n) is 2.17. The molecule has 0 aliphatic heterocycles. The first kappa shape index (κ1) is 15.8. The number of rotatable bonds is 4. The number of sulfone groups is 1. The van der Waals surface area contributed by atoms with E-state index >= 15 is 0 Å². The van der Waals surface area contributed by atoms with E-state index in [2.05, 4.69) is 15.1 Å². The number of hydrogen-bond acceptors (Lipinski definition) is 7. The number of nitrogens with zero attached hydrogens (tertiary/aromatic N) is 4. The van der Waals surface area contributed by atoms with E-state index in [1.54, 1.807) is 31.4 Å². The number of benzene rings is 1. The van der Waals surface area contributed by atoms with E-state index in [0.717, 1.165) is 6.26 Å². The molecule has 0 radical (unpaired) electrons. The molecule has 0 spiro atoms. The number of thioether (sulfide) groups is 1. The van der Waals surface area contributed by atoms with Gasteiger partial charge in [-0.1, -0.05) is 11.8 Å². The zero-order valence-corrected chi connectivity index (χ0v) is 14.3. The number of methoxy groups -OCH3 is 1. The Kier molecular flexibility index (Phi) is 3.99. The summed E-state index contributed by atoms with van der Waals surface area (Å²) < 4.78 is 30.9. The first-order valence-corrected chi connectivity index (χ1v) is 9.70. The maximum absolute atomic E-state index is 12.1. The molecule has 0 fully saturated rings. The normalized spacial score (nSPS) is 11.8. The molecule has 0 saturated carbocycles. The molecular formula is C14H14N4O3S2. The molecule has 0 bridgehead atoms. The average Bonchev–Trinajstić information content (AvgIpc) is 2.96. The zero-order valence-electron chi connectivity index (χ0n) is 12.7. The van der Waals surface area contributed by atoms with Crippen LogP contribution in [0.4, 0.5) is 0 Å². The van der Waals surface area contributed by atoms with Crippen molar-refractivity contribution in [3.05, 3.63) is 30.5 Å². The first-order valence-electron chi connectivity index (χ1n) is 6.58. The van der Waals surface area contributed by atoms with Crippen LogP contribution in [0, 0.1) is 0 Å². The van der Waals surface area contributed by atoms with Crippen LogP contribution in [0.1, 0.15) is 0 Å². The van der Waals surface area contributed by atoms with Crippen molar-refractivity contribution in [3.8, 4) is 17.0 Å². The molecular weight excluding hydrogens is 336 g/mol. The monoisotopic (exact) mass is 350 g/mol. The van der Waals surface area contributed by atoms with Crippen LogP contribution in [0.15, 0.2) is 40.5 Å². The van der Waals surface area contributed by atoms with Crippen molar-refractivity contribution < 1.29 is 13.2 Å². The van der Waals surface area contributed by atoms with Crippen LogP contribution < -0.4 is 4.74 Å². The van der Waals surface area contributed by atoms with E-state index in [1.165, 1.54) is 22.5 Å². The summed E-state index contributed by atoms with van der Waals surface area (Å²) in [5, 5.41) is 4.86. The summed E-state index contributed by atoms with van der Waals surface area (Å²) >= 11 is 1.37. The van der Waals surface area contributed by atoms with E-state index in [-0.39, 0.29) is 4.90 Å². The number of aromatic nitrogens is 4. The lowest BCUT2D eigenvalue weighted by Crippen LogP contribution is -2.07. The highest BCUT2D eigenvalue weighted by molar-refractivity contribution is 7.98. The largest absolute Gasteiger partial charge is 0.497 e. The van der Waals surface area contributed by atoms with Gasteiger partial charge in [0.15, 0.2) is 9.84 Å². The van der Waals surface area contributed by atoms with Crippen molar-refractivity contribution in [3.63, 3.8) is 0 Å². The predicted molar refractivity (Wildman–Crippen MR) is 87.7 cm³/mol. The van der Waals surface area contributed by atoms with Crippen LogP contribution in [0.2, 0.25) is 0 Å². The molecule has 0 aliphatic carbocycles. The summed E-state index contributed by atoms with van der Waals surface area (Å²) in [4.78, 5) is 8.47. The third-order valence-corrected chi connectivity index (χ3v) is 4.89. The lowest BCUT2D eigenvalue weighted by molar-refractivity contribution is 0.415. The Hall–Kier alpha value is -2.13. The highest BCUT2D eigenvalue weighted by Gasteiger charge is 2.21. The smallest absolute Gasteiger partial charge is 0.253 e. The third kappa shape index (κ3) is 2.89. The van der Waals surface area contributed by atoms with Gasteiger partial charge in [0.1, 0.15) is 10.6 Å². The molecule has 0 amide bonds. The molecule has 23 heavy (non-hydrogen) atoms. The van der Waals surface area contributed by atoms with Gasteiger partial charge in [0.05, 0.1) is 19.0 Å². The van der Waals surface area contributed by atoms with Gasteiger partial charge in [-0.2, -0.15) is 9.50 Å². The third-order valence-electron chi connectivity index (χ3n) is 3.26. The zero-order chi connectivity index (χ0) is 16.6. The molecule has 3 rings (SSSR count). The van der Waals surface area contributed by atoms with Crippen molar-refractivity contribution in [1.29, 1.82) is 0 Å². The van der Waals surface area contributed by atoms with Crippen LogP contribution in [0.3, 0.4) is 0 Å². The molecule has 120 valence electrons. The number of ether oxygens (including phenoxy) is 1. The minimum absolute atomic E-state index is 0.104. The Balaban J connectivity index is 2.35. The lowest BCUT2D eigenvalue weighted by atomic mass is 10.1. The van der Waals surface area contributed by atoms with Crippen molar-refractivity contribution in [2.45, 2.75) is 10.1 Å². The van der Waals surface area contributed by atoms with Crippen molar-refractivity contribution >= 4 is 27.4 Å². The molecule has 7 nitrogen and oxygen atoms in total. The second-order valence-electron chi connectivity index (χ2n) is 4.78. The number of fused-ring (bicyclic) bond motifs is 1. The molecule has 0 unspecified atom stereocenters. The summed E-state index contributed by atoms with van der Waals surface area (Å²) in [7, 11) is -1.90. The number of hydrogen-bond donors (Lipinski definition) is 0. The molecule has 9 heteroatoms. The van der Waals surface area contributed by atoms with E-state index in [0.29, 0.717) is 27.9 Å². The van der Waals surface area contributed by atoms with Crippen molar-refractivity contribution in [2.24, 2.45) is 0 Å². The van der Waals surface area contributed by atoms with Gasteiger partial charge in [-0.3, -0.25) is 0 Å². The quantitative estimate of drug-likeness (QED) is 0.664. The Labute approximate surface area is 137 Å². The van der Waals surface area contributed by atoms with E-state index < -0.39 is 9.84 Å². The topological polar surface area (TPSA) is 86.5 Å². The van der Waals surface area contributed by atoms with Gasteiger partial charge in [0.2, 0.25) is 5.16 Å². The predicted octanol–water partition coefficient (Wildman–Crippen LogP) is 1.93. The van der Waals surface area contributed by atoms with Gasteiger partial charge >= 0.3 is 0 Å². The van der Waals surface area contributed by atoms with E-state index in [4.69, 9.17) is 4.74 Å². The molecule has 2 aromatic heterocycles. The Morgan fingerprint density at radius 3 is 2.48 bits per heavy atom. The summed E-state index contributed by atoms with van der Waals surface area (Å²) in [6, 6.07) is 7.09. The van der Waals surface area contributed by atoms with Crippen LogP contribution in [-0.2, 0) is 9.84 Å². The lowest BCUT2D eigenvalue weighted by Gasteiger charge is -2.10. The summed E-state index contributed by atoms with van der Waals surface area (Å²) in [6.07, 6.45) is 4.32. The van der Waals surface area contributed by atoms with Crippen molar-refractivity contribution in [2.75, 3.05) is 19.6 Å². The van der Waals surface area contributed by atoms with Crippen LogP contribution in [0.5, 0.6) is 5.75 Å². The Bertz CT molecular complexity index is 966. The molecule has 0 atom stereocenters. The Morgan fingerprint density at radius 1 is 1.22 bits per heavy atom. The molecule has 0 saturated heterocycles. The van der Waals surface area contributed by atoms with Gasteiger partial charge in [-0.25, -0.2) is 13.4 Å². The van der Waals surface area contributed by atoms with Crippen LogP contribution >= 0.6 is 11.8 Å². The second-order valence-corrected chi connectivity index (χ2v) is 7.54. The summed E-state index contributed by atoms with van der Waals surface area (Å²) in [5.41, 5.74) is 1.13. The standard InChI is InChI=1S/C14H14N4O3S2/c1-21-10-6-4-9(5-7-10)12-11(23(3,19)20)8-15-13-16-14(22-2)17-18(12)13/h4-8H,1-3H3. The fourth-order valence-corrected chi connectivity index (χ4v) is 3.31. The molecule has 0 N–H and O–H groups in total. The average molecular weight is 350 g/mol. The van der Waals surface area contributed by atoms with Crippen molar-refractivity contribution in [1.82, 2.24) is 19.6 Å². The van der Waals surface area contributed by atoms with Gasteiger partial charge in [-0.05, 0) is 30.5 Å². The molecule has 0 aliphatic rings. The van der Waals surface area contributed by atoms with Gasteiger partial charge < -0.3 is 4.74 Å². The maximum Gasteiger partial charge on any atom is 0.253 e. The van der Waals surface area contributed by atoms with Crippen LogP contribution in [0.25, 0.3) is 17.0 Å². The Morgan fingerprint density at radius 2 is 1.91 bits per heavy atom. The SMILES string of the molecule is COc1ccc(-c2c(S(C)(=O)=O)cnc3nc(SC)nn23)cc1. The highest BCUT2D eigenvalue weighted by atomic mass is 32.2. The van der Waals surface area contributed by atoms with Gasteiger partial charge in [0.25, 0.3) is 5.78 Å². The molecule has 1 aromatic carbocycles. The molecule has 3 aromatic rings. The summed E-state index contributed by atoms with van der Waals surface area (Å²) in [6.45, 7) is 0. The maximum atomic E-state index is 12.1. The van der Waals surface area contributed by atoms with E-state index in [1.807, 2.05) is 6.26 Å². The van der Waals surface area contributed by atoms with Gasteiger partial charge in [-0.15, -0.1) is 5.10 Å². The fraction of sp³-hybridized carbons (Fsp3) is 0.214. The minimum atomic E-state index is -3.48. The van der Waals surface area contributed by atoms with Crippen LogP contribution in [-0.4, -0.2) is 47.6 Å². The summed E-state index contributed by atoms with van der Waals surface area (Å²) in [5.74, 6) is 1.04. The first-order chi connectivity index (χ1) is 10.9. The van der Waals surface area contributed by atoms with E-state index in [9.17, 15) is 8.42 Å².